The van der Waals surface area contributed by atoms with E-state index >= 15 is 0 Å². The van der Waals surface area contributed by atoms with Crippen molar-refractivity contribution in [3.8, 4) is 17.2 Å². The molecule has 1 heterocycles. The minimum Gasteiger partial charge on any atom is -0.507 e. The smallest absolute Gasteiger partial charge is 0.202 e. The molecule has 0 aromatic heterocycles. The number of nitrogens with two attached hydrogens (primary N) is 1. The lowest BCUT2D eigenvalue weighted by atomic mass is 9.72. The van der Waals surface area contributed by atoms with Crippen LogP contribution in [0.15, 0.2) is 18.2 Å². The van der Waals surface area contributed by atoms with E-state index in [0.717, 1.165) is 0 Å². The molecule has 3 aliphatic rings. The topological polar surface area (TPSA) is 189 Å². The summed E-state index contributed by atoms with van der Waals surface area (Å²) in [6.07, 6.45) is -3.89. The maximum absolute atomic E-state index is 13.6. The molecule has 7 N–H and O–H groups in total. The lowest BCUT2D eigenvalue weighted by Crippen LogP contribution is -2.52. The van der Waals surface area contributed by atoms with E-state index in [4.69, 9.17) is 19.9 Å². The van der Waals surface area contributed by atoms with Crippen molar-refractivity contribution in [1.29, 1.82) is 0 Å². The molecule has 0 amide bonds. The van der Waals surface area contributed by atoms with Crippen LogP contribution in [0, 0.1) is 0 Å². The third kappa shape index (κ3) is 4.06. The first-order chi connectivity index (χ1) is 18.0. The second-order valence-electron chi connectivity index (χ2n) is 10.2. The number of carbonyl (C=O) groups is 2. The van der Waals surface area contributed by atoms with Gasteiger partial charge >= 0.3 is 0 Å². The van der Waals surface area contributed by atoms with E-state index in [9.17, 15) is 35.1 Å². The standard InChI is InChI=1S/C27H31NO10/c1-11-22(30)14(28)8-17(37-11)38-16-10-27(35,6-7-29)9-13-19(16)26(34)21-20(24(13)32)23(31)12-4-3-5-15(36-2)18(12)25(21)33/h3-5,11,14,16-17,22,29-30,32,34-35H,6-10,28H2,1-2H3/t11-,14-,16?,17-,22+,27-/m0/s1. The van der Waals surface area contributed by atoms with Gasteiger partial charge in [0, 0.05) is 48.6 Å². The summed E-state index contributed by atoms with van der Waals surface area (Å²) in [6.45, 7) is 1.26. The monoisotopic (exact) mass is 529 g/mol. The maximum Gasteiger partial charge on any atom is 0.202 e. The number of carbonyl (C=O) groups excluding carboxylic acids is 2. The molecule has 11 heteroatoms. The second-order valence-corrected chi connectivity index (χ2v) is 10.2. The van der Waals surface area contributed by atoms with Crippen LogP contribution in [0.25, 0.3) is 0 Å². The summed E-state index contributed by atoms with van der Waals surface area (Å²) in [6, 6.07) is 3.84. The highest BCUT2D eigenvalue weighted by Crippen LogP contribution is 2.52. The van der Waals surface area contributed by atoms with Crippen molar-refractivity contribution in [2.45, 2.75) is 68.9 Å². The number of aliphatic hydroxyl groups excluding tert-OH is 2. The van der Waals surface area contributed by atoms with Crippen molar-refractivity contribution in [3.05, 3.63) is 51.6 Å². The van der Waals surface area contributed by atoms with Gasteiger partial charge in [-0.05, 0) is 19.4 Å². The Kier molecular flexibility index (Phi) is 6.70. The number of rotatable bonds is 5. The lowest BCUT2D eigenvalue weighted by Gasteiger charge is -2.42. The molecule has 1 fully saturated rings. The molecule has 1 saturated heterocycles. The van der Waals surface area contributed by atoms with Gasteiger partial charge in [0.05, 0.1) is 47.7 Å². The third-order valence-corrected chi connectivity index (χ3v) is 7.80. The van der Waals surface area contributed by atoms with Crippen molar-refractivity contribution < 1.29 is 49.3 Å². The molecule has 2 aliphatic carbocycles. The van der Waals surface area contributed by atoms with Crippen molar-refractivity contribution >= 4 is 11.6 Å². The summed E-state index contributed by atoms with van der Waals surface area (Å²) < 4.78 is 17.2. The fraction of sp³-hybridized carbons (Fsp3) is 0.481. The number of aliphatic hydroxyl groups is 3. The molecule has 38 heavy (non-hydrogen) atoms. The molecule has 0 bridgehead atoms. The highest BCUT2D eigenvalue weighted by molar-refractivity contribution is 6.31. The molecule has 5 rings (SSSR count). The maximum atomic E-state index is 13.6. The Labute approximate surface area is 218 Å². The Morgan fingerprint density at radius 3 is 2.50 bits per heavy atom. The number of aromatic hydroxyl groups is 2. The number of fused-ring (bicyclic) bond motifs is 3. The third-order valence-electron chi connectivity index (χ3n) is 7.80. The van der Waals surface area contributed by atoms with Crippen LogP contribution in [0.4, 0.5) is 0 Å². The zero-order valence-electron chi connectivity index (χ0n) is 21.0. The van der Waals surface area contributed by atoms with Gasteiger partial charge in [0.15, 0.2) is 12.1 Å². The van der Waals surface area contributed by atoms with Crippen LogP contribution in [0.2, 0.25) is 0 Å². The summed E-state index contributed by atoms with van der Waals surface area (Å²) in [7, 11) is 1.35. The molecule has 2 aromatic carbocycles. The van der Waals surface area contributed by atoms with E-state index in [1.165, 1.54) is 19.2 Å². The molecule has 11 nitrogen and oxygen atoms in total. The molecular formula is C27H31NO10. The number of ether oxygens (including phenoxy) is 3. The SMILES string of the molecule is COc1cccc2c1C(=O)c1c(O)c3c(c(O)c1C2=O)C[C@@](O)(CCO)CC3O[C@H]1C[C@H](N)[C@H](O)[C@H](C)O1. The van der Waals surface area contributed by atoms with Crippen molar-refractivity contribution in [2.24, 2.45) is 5.73 Å². The molecule has 0 radical (unpaired) electrons. The second kappa shape index (κ2) is 9.60. The van der Waals surface area contributed by atoms with Gasteiger partial charge in [0.2, 0.25) is 5.78 Å². The molecule has 6 atom stereocenters. The van der Waals surface area contributed by atoms with Crippen molar-refractivity contribution in [1.82, 2.24) is 0 Å². The largest absolute Gasteiger partial charge is 0.507 e. The molecule has 204 valence electrons. The minimum atomic E-state index is -1.56. The Morgan fingerprint density at radius 1 is 1.13 bits per heavy atom. The van der Waals surface area contributed by atoms with Crippen LogP contribution >= 0.6 is 0 Å². The number of benzene rings is 2. The predicted octanol–water partition coefficient (Wildman–Crippen LogP) is 0.822. The number of phenols is 2. The first-order valence-corrected chi connectivity index (χ1v) is 12.5. The molecule has 2 aromatic rings. The van der Waals surface area contributed by atoms with Gasteiger partial charge < -0.3 is 45.5 Å². The fourth-order valence-corrected chi connectivity index (χ4v) is 5.86. The van der Waals surface area contributed by atoms with Gasteiger partial charge in [-0.2, -0.15) is 0 Å². The number of hydrogen-bond donors (Lipinski definition) is 6. The van der Waals surface area contributed by atoms with Gasteiger partial charge in [-0.3, -0.25) is 9.59 Å². The zero-order chi connectivity index (χ0) is 27.5. The average Bonchev–Trinajstić information content (AvgIpc) is 2.87. The van der Waals surface area contributed by atoms with Crippen LogP contribution in [-0.4, -0.2) is 81.0 Å². The summed E-state index contributed by atoms with van der Waals surface area (Å²) in [5, 5.41) is 53.9. The van der Waals surface area contributed by atoms with E-state index < -0.39 is 59.3 Å². The van der Waals surface area contributed by atoms with E-state index in [0.29, 0.717) is 0 Å². The fourth-order valence-electron chi connectivity index (χ4n) is 5.86. The van der Waals surface area contributed by atoms with Crippen LogP contribution in [0.1, 0.15) is 75.3 Å². The average molecular weight is 530 g/mol. The molecule has 0 saturated carbocycles. The van der Waals surface area contributed by atoms with Crippen LogP contribution in [-0.2, 0) is 15.9 Å². The van der Waals surface area contributed by atoms with Crippen LogP contribution in [0.5, 0.6) is 17.2 Å². The van der Waals surface area contributed by atoms with Gasteiger partial charge in [-0.1, -0.05) is 12.1 Å². The zero-order valence-corrected chi connectivity index (χ0v) is 21.0. The number of ketones is 2. The quantitative estimate of drug-likeness (QED) is 0.257. The van der Waals surface area contributed by atoms with E-state index in [2.05, 4.69) is 0 Å². The summed E-state index contributed by atoms with van der Waals surface area (Å²) in [5.41, 5.74) is 3.79. The molecule has 1 unspecified atom stereocenters. The van der Waals surface area contributed by atoms with Crippen LogP contribution in [0.3, 0.4) is 0 Å². The predicted molar refractivity (Wildman–Crippen MR) is 131 cm³/mol. The van der Waals surface area contributed by atoms with Crippen LogP contribution < -0.4 is 10.5 Å². The summed E-state index contributed by atoms with van der Waals surface area (Å²) in [4.78, 5) is 27.1. The van der Waals surface area contributed by atoms with E-state index in [-0.39, 0.29) is 71.4 Å². The number of phenolic OH excluding ortho intramolecular Hbond substituents is 2. The van der Waals surface area contributed by atoms with Gasteiger partial charge in [0.25, 0.3) is 0 Å². The Balaban J connectivity index is 1.66. The van der Waals surface area contributed by atoms with E-state index in [1.54, 1.807) is 13.0 Å². The first kappa shape index (κ1) is 26.5. The Morgan fingerprint density at radius 2 is 1.84 bits per heavy atom. The van der Waals surface area contributed by atoms with Crippen molar-refractivity contribution in [2.75, 3.05) is 13.7 Å². The summed E-state index contributed by atoms with van der Waals surface area (Å²) >= 11 is 0. The Bertz CT molecular complexity index is 1300. The number of methoxy groups -OCH3 is 1. The Hall–Kier alpha value is -3.06. The molecular weight excluding hydrogens is 498 g/mol. The lowest BCUT2D eigenvalue weighted by molar-refractivity contribution is -0.248. The first-order valence-electron chi connectivity index (χ1n) is 12.5. The minimum absolute atomic E-state index is 0.0165. The van der Waals surface area contributed by atoms with Crippen molar-refractivity contribution in [3.63, 3.8) is 0 Å². The normalized spacial score (nSPS) is 30.4. The van der Waals surface area contributed by atoms with Gasteiger partial charge in [-0.15, -0.1) is 0 Å². The molecule has 0 spiro atoms. The highest BCUT2D eigenvalue weighted by Gasteiger charge is 2.47. The molecule has 1 aliphatic heterocycles. The van der Waals surface area contributed by atoms with E-state index in [1.807, 2.05) is 0 Å². The van der Waals surface area contributed by atoms with Gasteiger partial charge in [-0.25, -0.2) is 0 Å². The number of hydrogen-bond acceptors (Lipinski definition) is 11. The summed E-state index contributed by atoms with van der Waals surface area (Å²) in [5.74, 6) is -2.33. The van der Waals surface area contributed by atoms with Gasteiger partial charge in [0.1, 0.15) is 17.2 Å². The highest BCUT2D eigenvalue weighted by atomic mass is 16.7.